The minimum Gasteiger partial charge on any atom is -0.497 e. The van der Waals surface area contributed by atoms with Gasteiger partial charge in [0, 0.05) is 55.5 Å². The Balaban J connectivity index is 1.37. The minimum absolute atomic E-state index is 0.0867. The molecule has 2 fully saturated rings. The van der Waals surface area contributed by atoms with E-state index < -0.39 is 5.97 Å². The highest BCUT2D eigenvalue weighted by Gasteiger charge is 2.29. The van der Waals surface area contributed by atoms with E-state index in [9.17, 15) is 4.79 Å². The zero-order valence-electron chi connectivity index (χ0n) is 19.3. The summed E-state index contributed by atoms with van der Waals surface area (Å²) in [5, 5.41) is 9.17. The first-order valence-corrected chi connectivity index (χ1v) is 11.6. The number of nitrogens with zero attached hydrogens (tertiary/aromatic N) is 2. The molecule has 32 heavy (non-hydrogen) atoms. The van der Waals surface area contributed by atoms with Crippen molar-refractivity contribution >= 4 is 17.3 Å². The van der Waals surface area contributed by atoms with Gasteiger partial charge < -0.3 is 24.4 Å². The van der Waals surface area contributed by atoms with Crippen LogP contribution in [0.25, 0.3) is 0 Å². The van der Waals surface area contributed by atoms with Crippen LogP contribution in [-0.4, -0.2) is 50.0 Å². The lowest BCUT2D eigenvalue weighted by molar-refractivity contribution is -0.137. The van der Waals surface area contributed by atoms with Gasteiger partial charge in [0.25, 0.3) is 0 Å². The number of hydrogen-bond donors (Lipinski definition) is 1. The van der Waals surface area contributed by atoms with Crippen molar-refractivity contribution in [3.05, 3.63) is 48.0 Å². The van der Waals surface area contributed by atoms with Crippen molar-refractivity contribution in [3.8, 4) is 11.5 Å². The van der Waals surface area contributed by atoms with Crippen LogP contribution in [-0.2, 0) is 4.79 Å². The summed E-state index contributed by atoms with van der Waals surface area (Å²) in [4.78, 5) is 15.8. The Hall–Kier alpha value is -2.89. The quantitative estimate of drug-likeness (QED) is 0.674. The van der Waals surface area contributed by atoms with E-state index in [1.54, 1.807) is 7.11 Å². The number of aryl methyl sites for hydroxylation is 1. The molecule has 1 N–H and O–H groups in total. The fraction of sp³-hybridized carbons (Fsp3) is 0.500. The standard InChI is InChI=1S/C26H34N2O4/c1-18-6-9-23(31-3)16-24(18)27-14-12-25(19(2)17-27)32-22-10-7-20(8-11-22)28-13-4-5-21(28)15-26(29)30/h6-11,16,19,21,25H,4-5,12-15,17H2,1-3H3,(H,29,30)/t19?,21-,25?/m1/s1. The first kappa shape index (κ1) is 22.3. The average molecular weight is 439 g/mol. The number of hydrogen-bond acceptors (Lipinski definition) is 5. The van der Waals surface area contributed by atoms with E-state index >= 15 is 0 Å². The largest absolute Gasteiger partial charge is 0.497 e. The van der Waals surface area contributed by atoms with Gasteiger partial charge in [0.15, 0.2) is 0 Å². The predicted octanol–water partition coefficient (Wildman–Crippen LogP) is 4.74. The Morgan fingerprint density at radius 3 is 2.53 bits per heavy atom. The van der Waals surface area contributed by atoms with E-state index in [2.05, 4.69) is 47.9 Å². The molecular weight excluding hydrogens is 404 g/mol. The van der Waals surface area contributed by atoms with Gasteiger partial charge in [-0.2, -0.15) is 0 Å². The summed E-state index contributed by atoms with van der Waals surface area (Å²) in [6.07, 6.45) is 3.31. The lowest BCUT2D eigenvalue weighted by atomic mass is 9.95. The third kappa shape index (κ3) is 4.95. The van der Waals surface area contributed by atoms with Gasteiger partial charge in [-0.25, -0.2) is 0 Å². The van der Waals surface area contributed by atoms with Crippen LogP contribution < -0.4 is 19.3 Å². The smallest absolute Gasteiger partial charge is 0.305 e. The fourth-order valence-electron chi connectivity index (χ4n) is 5.06. The monoisotopic (exact) mass is 438 g/mol. The van der Waals surface area contributed by atoms with E-state index in [4.69, 9.17) is 14.6 Å². The number of anilines is 2. The molecule has 2 aliphatic heterocycles. The van der Waals surface area contributed by atoms with Crippen molar-refractivity contribution in [3.63, 3.8) is 0 Å². The van der Waals surface area contributed by atoms with Crippen molar-refractivity contribution in [2.75, 3.05) is 36.5 Å². The Morgan fingerprint density at radius 2 is 1.84 bits per heavy atom. The molecule has 172 valence electrons. The number of ether oxygens (including phenoxy) is 2. The molecule has 0 bridgehead atoms. The van der Waals surface area contributed by atoms with Gasteiger partial charge in [0.2, 0.25) is 0 Å². The average Bonchev–Trinajstić information content (AvgIpc) is 3.23. The van der Waals surface area contributed by atoms with E-state index in [1.165, 1.54) is 11.3 Å². The molecule has 3 atom stereocenters. The molecule has 2 heterocycles. The first-order chi connectivity index (χ1) is 15.4. The minimum atomic E-state index is -0.730. The molecular formula is C26H34N2O4. The zero-order valence-corrected chi connectivity index (χ0v) is 19.3. The van der Waals surface area contributed by atoms with Gasteiger partial charge in [-0.05, 0) is 55.7 Å². The number of benzene rings is 2. The summed E-state index contributed by atoms with van der Waals surface area (Å²) in [7, 11) is 1.71. The maximum Gasteiger partial charge on any atom is 0.305 e. The highest BCUT2D eigenvalue weighted by atomic mass is 16.5. The molecule has 0 amide bonds. The second-order valence-electron chi connectivity index (χ2n) is 9.10. The van der Waals surface area contributed by atoms with Crippen LogP contribution in [0.2, 0.25) is 0 Å². The first-order valence-electron chi connectivity index (χ1n) is 11.6. The molecule has 0 spiro atoms. The summed E-state index contributed by atoms with van der Waals surface area (Å²) in [5.41, 5.74) is 3.58. The molecule has 0 saturated carbocycles. The lowest BCUT2D eigenvalue weighted by Gasteiger charge is -2.39. The number of methoxy groups -OCH3 is 1. The van der Waals surface area contributed by atoms with Gasteiger partial charge in [0.05, 0.1) is 13.5 Å². The van der Waals surface area contributed by atoms with Crippen molar-refractivity contribution in [2.45, 2.75) is 51.7 Å². The van der Waals surface area contributed by atoms with Gasteiger partial charge in [0.1, 0.15) is 17.6 Å². The normalized spacial score (nSPS) is 23.3. The van der Waals surface area contributed by atoms with Crippen molar-refractivity contribution in [1.82, 2.24) is 0 Å². The summed E-state index contributed by atoms with van der Waals surface area (Å²) in [6.45, 7) is 7.21. The summed E-state index contributed by atoms with van der Waals surface area (Å²) >= 11 is 0. The molecule has 0 aromatic heterocycles. The zero-order chi connectivity index (χ0) is 22.7. The number of carbonyl (C=O) groups is 1. The molecule has 6 heteroatoms. The molecule has 0 radical (unpaired) electrons. The molecule has 6 nitrogen and oxygen atoms in total. The molecule has 4 rings (SSSR count). The highest BCUT2D eigenvalue weighted by Crippen LogP contribution is 2.33. The summed E-state index contributed by atoms with van der Waals surface area (Å²) < 4.78 is 11.8. The third-order valence-corrected chi connectivity index (χ3v) is 6.83. The lowest BCUT2D eigenvalue weighted by Crippen LogP contribution is -2.44. The Kier molecular flexibility index (Phi) is 6.77. The van der Waals surface area contributed by atoms with Gasteiger partial charge >= 0.3 is 5.97 Å². The van der Waals surface area contributed by atoms with Crippen LogP contribution in [0, 0.1) is 12.8 Å². The topological polar surface area (TPSA) is 62.2 Å². The van der Waals surface area contributed by atoms with Crippen molar-refractivity contribution in [1.29, 1.82) is 0 Å². The van der Waals surface area contributed by atoms with Crippen LogP contribution in [0.4, 0.5) is 11.4 Å². The second kappa shape index (κ2) is 9.72. The number of rotatable bonds is 7. The van der Waals surface area contributed by atoms with Crippen LogP contribution in [0.3, 0.4) is 0 Å². The Morgan fingerprint density at radius 1 is 1.09 bits per heavy atom. The van der Waals surface area contributed by atoms with Gasteiger partial charge in [-0.15, -0.1) is 0 Å². The SMILES string of the molecule is COc1ccc(C)c(N2CCC(Oc3ccc(N4CCC[C@@H]4CC(=O)O)cc3)C(C)C2)c1. The van der Waals surface area contributed by atoms with Crippen LogP contribution in [0.15, 0.2) is 42.5 Å². The van der Waals surface area contributed by atoms with Gasteiger partial charge in [-0.3, -0.25) is 4.79 Å². The van der Waals surface area contributed by atoms with E-state index in [0.717, 1.165) is 56.1 Å². The van der Waals surface area contributed by atoms with Gasteiger partial charge in [-0.1, -0.05) is 13.0 Å². The predicted molar refractivity (Wildman–Crippen MR) is 127 cm³/mol. The molecule has 2 aliphatic rings. The molecule has 2 aromatic rings. The summed E-state index contributed by atoms with van der Waals surface area (Å²) in [6, 6.07) is 14.5. The molecule has 2 saturated heterocycles. The van der Waals surface area contributed by atoms with Crippen molar-refractivity contribution < 1.29 is 19.4 Å². The van der Waals surface area contributed by atoms with Crippen LogP contribution in [0.5, 0.6) is 11.5 Å². The Bertz CT molecular complexity index is 930. The molecule has 2 aromatic carbocycles. The number of carboxylic acids is 1. The number of carboxylic acid groups (broad SMARTS) is 1. The maximum absolute atomic E-state index is 11.1. The molecule has 2 unspecified atom stereocenters. The van der Waals surface area contributed by atoms with Crippen molar-refractivity contribution in [2.24, 2.45) is 5.92 Å². The maximum atomic E-state index is 11.1. The van der Waals surface area contributed by atoms with E-state index in [0.29, 0.717) is 5.92 Å². The summed E-state index contributed by atoms with van der Waals surface area (Å²) in [5.74, 6) is 1.43. The van der Waals surface area contributed by atoms with Crippen LogP contribution in [0.1, 0.15) is 38.2 Å². The third-order valence-electron chi connectivity index (χ3n) is 6.83. The number of piperidine rings is 1. The highest BCUT2D eigenvalue weighted by molar-refractivity contribution is 5.69. The van der Waals surface area contributed by atoms with E-state index in [1.807, 2.05) is 18.2 Å². The number of aliphatic carboxylic acids is 1. The fourth-order valence-corrected chi connectivity index (χ4v) is 5.06. The Labute approximate surface area is 190 Å². The molecule has 0 aliphatic carbocycles. The van der Waals surface area contributed by atoms with Crippen LogP contribution >= 0.6 is 0 Å². The second-order valence-corrected chi connectivity index (χ2v) is 9.10. The van der Waals surface area contributed by atoms with E-state index in [-0.39, 0.29) is 18.6 Å².